The predicted octanol–water partition coefficient (Wildman–Crippen LogP) is 4.44. The highest BCUT2D eigenvalue weighted by Gasteiger charge is 2.05. The smallest absolute Gasteiger partial charge is 0.115 e. The molecule has 0 bridgehead atoms. The molecule has 0 aliphatic carbocycles. The van der Waals surface area contributed by atoms with Crippen LogP contribution in [0, 0.1) is 0 Å². The van der Waals surface area contributed by atoms with Crippen LogP contribution in [0.4, 0.5) is 11.4 Å². The summed E-state index contributed by atoms with van der Waals surface area (Å²) >= 11 is 12.0. The lowest BCUT2D eigenvalue weighted by Crippen LogP contribution is -1.91. The molecular formula is C12H9Cl2NO. The molecule has 0 atom stereocenters. The summed E-state index contributed by atoms with van der Waals surface area (Å²) in [4.78, 5) is 0. The topological polar surface area (TPSA) is 32.3 Å². The molecule has 0 heterocycles. The van der Waals surface area contributed by atoms with Gasteiger partial charge in [-0.1, -0.05) is 29.3 Å². The third-order valence-corrected chi connectivity index (χ3v) is 2.73. The Morgan fingerprint density at radius 3 is 2.00 bits per heavy atom. The first-order chi connectivity index (χ1) is 7.66. The summed E-state index contributed by atoms with van der Waals surface area (Å²) in [6, 6.07) is 12.0. The molecule has 0 unspecified atom stereocenters. The maximum atomic E-state index is 9.15. The van der Waals surface area contributed by atoms with E-state index in [1.807, 2.05) is 0 Å². The number of para-hydroxylation sites is 1. The summed E-state index contributed by atoms with van der Waals surface area (Å²) in [5.74, 6) is 0.218. The maximum Gasteiger partial charge on any atom is 0.115 e. The van der Waals surface area contributed by atoms with Gasteiger partial charge in [-0.05, 0) is 36.4 Å². The first kappa shape index (κ1) is 11.1. The number of hydrogen-bond acceptors (Lipinski definition) is 2. The summed E-state index contributed by atoms with van der Waals surface area (Å²) in [5.41, 5.74) is 1.48. The van der Waals surface area contributed by atoms with Crippen LogP contribution < -0.4 is 5.32 Å². The fraction of sp³-hybridized carbons (Fsp3) is 0. The van der Waals surface area contributed by atoms with Gasteiger partial charge in [-0.15, -0.1) is 0 Å². The average molecular weight is 254 g/mol. The van der Waals surface area contributed by atoms with Crippen LogP contribution in [0.3, 0.4) is 0 Å². The van der Waals surface area contributed by atoms with Crippen molar-refractivity contribution < 1.29 is 5.11 Å². The van der Waals surface area contributed by atoms with Crippen molar-refractivity contribution in [2.24, 2.45) is 0 Å². The molecule has 16 heavy (non-hydrogen) atoms. The van der Waals surface area contributed by atoms with Gasteiger partial charge in [-0.3, -0.25) is 0 Å². The number of anilines is 2. The molecule has 0 spiro atoms. The molecule has 82 valence electrons. The van der Waals surface area contributed by atoms with Gasteiger partial charge >= 0.3 is 0 Å². The van der Waals surface area contributed by atoms with Gasteiger partial charge in [-0.25, -0.2) is 0 Å². The monoisotopic (exact) mass is 253 g/mol. The van der Waals surface area contributed by atoms with Crippen LogP contribution in [0.5, 0.6) is 5.75 Å². The summed E-state index contributed by atoms with van der Waals surface area (Å²) in [7, 11) is 0. The second kappa shape index (κ2) is 4.64. The Hall–Kier alpha value is -1.38. The fourth-order valence-corrected chi connectivity index (χ4v) is 1.80. The van der Waals surface area contributed by atoms with E-state index in [0.29, 0.717) is 15.7 Å². The molecule has 0 radical (unpaired) electrons. The van der Waals surface area contributed by atoms with Crippen molar-refractivity contribution in [1.29, 1.82) is 0 Å². The quantitative estimate of drug-likeness (QED) is 0.776. The average Bonchev–Trinajstić information content (AvgIpc) is 2.26. The van der Waals surface area contributed by atoms with Gasteiger partial charge < -0.3 is 10.4 Å². The highest BCUT2D eigenvalue weighted by atomic mass is 35.5. The first-order valence-corrected chi connectivity index (χ1v) is 5.42. The van der Waals surface area contributed by atoms with E-state index in [1.165, 1.54) is 0 Å². The fourth-order valence-electron chi connectivity index (χ4n) is 1.31. The van der Waals surface area contributed by atoms with Crippen LogP contribution in [0.25, 0.3) is 0 Å². The summed E-state index contributed by atoms with van der Waals surface area (Å²) in [6.45, 7) is 0. The predicted molar refractivity (Wildman–Crippen MR) is 67.9 cm³/mol. The van der Waals surface area contributed by atoms with Crippen molar-refractivity contribution in [2.75, 3.05) is 5.32 Å². The van der Waals surface area contributed by atoms with E-state index in [9.17, 15) is 0 Å². The molecule has 2 aromatic rings. The second-order valence-corrected chi connectivity index (χ2v) is 4.08. The van der Waals surface area contributed by atoms with Crippen LogP contribution in [-0.4, -0.2) is 5.11 Å². The van der Waals surface area contributed by atoms with Gasteiger partial charge in [-0.2, -0.15) is 0 Å². The van der Waals surface area contributed by atoms with Crippen molar-refractivity contribution in [3.63, 3.8) is 0 Å². The molecule has 0 fully saturated rings. The molecule has 0 aliphatic heterocycles. The summed E-state index contributed by atoms with van der Waals surface area (Å²) in [5, 5.41) is 13.4. The number of phenolic OH excluding ortho intramolecular Hbond substituents is 1. The Bertz CT molecular complexity index is 477. The van der Waals surface area contributed by atoms with Crippen LogP contribution >= 0.6 is 23.2 Å². The normalized spacial score (nSPS) is 10.1. The number of hydrogen-bond donors (Lipinski definition) is 2. The lowest BCUT2D eigenvalue weighted by Gasteiger charge is -2.10. The number of halogens is 2. The number of aromatic hydroxyl groups is 1. The Balaban J connectivity index is 2.30. The number of rotatable bonds is 2. The lowest BCUT2D eigenvalue weighted by atomic mass is 10.2. The molecule has 4 heteroatoms. The lowest BCUT2D eigenvalue weighted by molar-refractivity contribution is 0.475. The zero-order valence-corrected chi connectivity index (χ0v) is 9.76. The third-order valence-electron chi connectivity index (χ3n) is 2.10. The number of benzene rings is 2. The number of phenols is 1. The SMILES string of the molecule is Oc1ccc(Nc2c(Cl)cccc2Cl)cc1. The summed E-state index contributed by atoms with van der Waals surface area (Å²) in [6.07, 6.45) is 0. The largest absolute Gasteiger partial charge is 0.508 e. The van der Waals surface area contributed by atoms with Gasteiger partial charge in [0.1, 0.15) is 5.75 Å². The molecule has 2 nitrogen and oxygen atoms in total. The molecule has 0 aromatic heterocycles. The van der Waals surface area contributed by atoms with Crippen LogP contribution in [-0.2, 0) is 0 Å². The molecular weight excluding hydrogens is 245 g/mol. The zero-order valence-electron chi connectivity index (χ0n) is 8.24. The molecule has 0 saturated heterocycles. The highest BCUT2D eigenvalue weighted by Crippen LogP contribution is 2.32. The van der Waals surface area contributed by atoms with E-state index < -0.39 is 0 Å². The summed E-state index contributed by atoms with van der Waals surface area (Å²) < 4.78 is 0. The Morgan fingerprint density at radius 1 is 0.875 bits per heavy atom. The maximum absolute atomic E-state index is 9.15. The van der Waals surface area contributed by atoms with Gasteiger partial charge in [0, 0.05) is 5.69 Å². The van der Waals surface area contributed by atoms with E-state index in [2.05, 4.69) is 5.32 Å². The minimum Gasteiger partial charge on any atom is -0.508 e. The molecule has 0 aliphatic rings. The van der Waals surface area contributed by atoms with Crippen molar-refractivity contribution in [3.05, 3.63) is 52.5 Å². The third kappa shape index (κ3) is 2.40. The van der Waals surface area contributed by atoms with Crippen LogP contribution in [0.1, 0.15) is 0 Å². The van der Waals surface area contributed by atoms with Crippen molar-refractivity contribution >= 4 is 34.6 Å². The molecule has 2 N–H and O–H groups in total. The van der Waals surface area contributed by atoms with E-state index in [4.69, 9.17) is 28.3 Å². The number of nitrogens with one attached hydrogen (secondary N) is 1. The van der Waals surface area contributed by atoms with Crippen molar-refractivity contribution in [1.82, 2.24) is 0 Å². The van der Waals surface area contributed by atoms with Gasteiger partial charge in [0.05, 0.1) is 15.7 Å². The minimum atomic E-state index is 0.218. The van der Waals surface area contributed by atoms with Crippen molar-refractivity contribution in [2.45, 2.75) is 0 Å². The molecule has 0 saturated carbocycles. The van der Waals surface area contributed by atoms with Gasteiger partial charge in [0.25, 0.3) is 0 Å². The Labute approximate surface area is 103 Å². The molecule has 2 aromatic carbocycles. The van der Waals surface area contributed by atoms with Gasteiger partial charge in [0.15, 0.2) is 0 Å². The van der Waals surface area contributed by atoms with E-state index in [1.54, 1.807) is 42.5 Å². The second-order valence-electron chi connectivity index (χ2n) is 3.27. The van der Waals surface area contributed by atoms with E-state index >= 15 is 0 Å². The minimum absolute atomic E-state index is 0.218. The van der Waals surface area contributed by atoms with Crippen LogP contribution in [0.15, 0.2) is 42.5 Å². The zero-order chi connectivity index (χ0) is 11.5. The van der Waals surface area contributed by atoms with Crippen LogP contribution in [0.2, 0.25) is 10.0 Å². The molecule has 0 amide bonds. The first-order valence-electron chi connectivity index (χ1n) is 4.67. The molecule has 2 rings (SSSR count). The van der Waals surface area contributed by atoms with E-state index in [0.717, 1.165) is 5.69 Å². The highest BCUT2D eigenvalue weighted by molar-refractivity contribution is 6.39. The van der Waals surface area contributed by atoms with Crippen molar-refractivity contribution in [3.8, 4) is 5.75 Å². The standard InChI is InChI=1S/C12H9Cl2NO/c13-10-2-1-3-11(14)12(10)15-8-4-6-9(16)7-5-8/h1-7,15-16H. The van der Waals surface area contributed by atoms with E-state index in [-0.39, 0.29) is 5.75 Å². The van der Waals surface area contributed by atoms with Gasteiger partial charge in [0.2, 0.25) is 0 Å². The Morgan fingerprint density at radius 2 is 1.44 bits per heavy atom. The Kier molecular flexibility index (Phi) is 3.22.